The highest BCUT2D eigenvalue weighted by Crippen LogP contribution is 2.21. The minimum Gasteiger partial charge on any atom is -0.368 e. The van der Waals surface area contributed by atoms with E-state index < -0.39 is 0 Å². The zero-order valence-electron chi connectivity index (χ0n) is 14.6. The van der Waals surface area contributed by atoms with Gasteiger partial charge in [0.15, 0.2) is 0 Å². The van der Waals surface area contributed by atoms with E-state index in [1.807, 2.05) is 24.3 Å². The number of rotatable bonds is 4. The molecule has 0 bridgehead atoms. The highest BCUT2D eigenvalue weighted by atomic mass is 35.5. The van der Waals surface area contributed by atoms with Crippen LogP contribution in [0.5, 0.6) is 0 Å². The third-order valence-electron chi connectivity index (χ3n) is 4.29. The molecule has 3 amide bonds. The summed E-state index contributed by atoms with van der Waals surface area (Å²) in [5, 5.41) is 6.47. The number of carbonyl (C=O) groups is 2. The first-order valence-corrected chi connectivity index (χ1v) is 9.36. The molecule has 6 nitrogen and oxygen atoms in total. The molecule has 8 heteroatoms. The minimum atomic E-state index is -0.325. The normalized spacial score (nSPS) is 14.0. The molecule has 2 N–H and O–H groups in total. The predicted molar refractivity (Wildman–Crippen MR) is 109 cm³/mol. The summed E-state index contributed by atoms with van der Waals surface area (Å²) >= 11 is 12.0. The van der Waals surface area contributed by atoms with Gasteiger partial charge in [-0.2, -0.15) is 0 Å². The van der Waals surface area contributed by atoms with E-state index in [9.17, 15) is 9.59 Å². The molecule has 0 atom stereocenters. The summed E-state index contributed by atoms with van der Waals surface area (Å²) in [5.41, 5.74) is 1.57. The number of hydrogen-bond donors (Lipinski definition) is 2. The Labute approximate surface area is 168 Å². The maximum absolute atomic E-state index is 12.3. The van der Waals surface area contributed by atoms with Crippen LogP contribution in [0.15, 0.2) is 48.5 Å². The van der Waals surface area contributed by atoms with Gasteiger partial charge in [0.2, 0.25) is 5.91 Å². The number of carbonyl (C=O) groups excluding carboxylic acids is 2. The van der Waals surface area contributed by atoms with E-state index >= 15 is 0 Å². The van der Waals surface area contributed by atoms with Crippen molar-refractivity contribution in [2.45, 2.75) is 0 Å². The molecular weight excluding hydrogens is 387 g/mol. The van der Waals surface area contributed by atoms with E-state index in [1.165, 1.54) is 0 Å². The molecule has 1 saturated heterocycles. The Bertz CT molecular complexity index is 823. The van der Waals surface area contributed by atoms with Crippen LogP contribution in [0.4, 0.5) is 16.2 Å². The van der Waals surface area contributed by atoms with Gasteiger partial charge in [-0.15, -0.1) is 0 Å². The molecule has 3 rings (SSSR count). The average Bonchev–Trinajstić information content (AvgIpc) is 2.68. The van der Waals surface area contributed by atoms with Crippen LogP contribution in [-0.4, -0.2) is 49.6 Å². The predicted octanol–water partition coefficient (Wildman–Crippen LogP) is 3.46. The molecule has 1 aliphatic rings. The number of urea groups is 1. The Balaban J connectivity index is 1.44. The lowest BCUT2D eigenvalue weighted by molar-refractivity contribution is -0.115. The van der Waals surface area contributed by atoms with Crippen LogP contribution in [0.25, 0.3) is 0 Å². The molecule has 0 saturated carbocycles. The Hall–Kier alpha value is -2.44. The topological polar surface area (TPSA) is 64.7 Å². The van der Waals surface area contributed by atoms with Gasteiger partial charge < -0.3 is 20.4 Å². The van der Waals surface area contributed by atoms with Gasteiger partial charge in [0.25, 0.3) is 0 Å². The van der Waals surface area contributed by atoms with Gasteiger partial charge in [-0.3, -0.25) is 4.79 Å². The molecule has 1 heterocycles. The third kappa shape index (κ3) is 5.28. The van der Waals surface area contributed by atoms with Crippen molar-refractivity contribution in [1.29, 1.82) is 0 Å². The van der Waals surface area contributed by atoms with Crippen LogP contribution in [-0.2, 0) is 4.79 Å². The SMILES string of the molecule is O=C(CNC(=O)N1CCN(c2cccc(Cl)c2)CC1)Nc1ccccc1Cl. The second-order valence-corrected chi connectivity index (χ2v) is 6.98. The first-order valence-electron chi connectivity index (χ1n) is 8.60. The van der Waals surface area contributed by atoms with E-state index in [0.29, 0.717) is 41.9 Å². The van der Waals surface area contributed by atoms with E-state index in [4.69, 9.17) is 23.2 Å². The second-order valence-electron chi connectivity index (χ2n) is 6.14. The van der Waals surface area contributed by atoms with Crippen molar-refractivity contribution in [2.75, 3.05) is 42.9 Å². The average molecular weight is 407 g/mol. The summed E-state index contributed by atoms with van der Waals surface area (Å²) in [7, 11) is 0. The monoisotopic (exact) mass is 406 g/mol. The molecule has 0 radical (unpaired) electrons. The van der Waals surface area contributed by atoms with Gasteiger partial charge in [-0.1, -0.05) is 41.4 Å². The lowest BCUT2D eigenvalue weighted by Gasteiger charge is -2.36. The van der Waals surface area contributed by atoms with Crippen LogP contribution < -0.4 is 15.5 Å². The molecule has 142 valence electrons. The maximum atomic E-state index is 12.3. The van der Waals surface area contributed by atoms with E-state index in [2.05, 4.69) is 15.5 Å². The van der Waals surface area contributed by atoms with E-state index in [-0.39, 0.29) is 18.5 Å². The molecule has 1 fully saturated rings. The maximum Gasteiger partial charge on any atom is 0.317 e. The molecule has 1 aliphatic heterocycles. The van der Waals surface area contributed by atoms with Crippen molar-refractivity contribution < 1.29 is 9.59 Å². The molecule has 27 heavy (non-hydrogen) atoms. The molecule has 0 aromatic heterocycles. The van der Waals surface area contributed by atoms with Crippen molar-refractivity contribution in [1.82, 2.24) is 10.2 Å². The Kier molecular flexibility index (Phi) is 6.42. The first kappa shape index (κ1) is 19.3. The molecule has 0 aliphatic carbocycles. The van der Waals surface area contributed by atoms with Crippen molar-refractivity contribution in [3.63, 3.8) is 0 Å². The summed E-state index contributed by atoms with van der Waals surface area (Å²) in [5.74, 6) is -0.325. The Morgan fingerprint density at radius 3 is 2.41 bits per heavy atom. The van der Waals surface area contributed by atoms with Gasteiger partial charge in [0, 0.05) is 36.9 Å². The number of hydrogen-bond acceptors (Lipinski definition) is 3. The molecular formula is C19H20Cl2N4O2. The molecule has 0 unspecified atom stereocenters. The van der Waals surface area contributed by atoms with Crippen LogP contribution in [0.1, 0.15) is 0 Å². The highest BCUT2D eigenvalue weighted by Gasteiger charge is 2.21. The van der Waals surface area contributed by atoms with Crippen molar-refractivity contribution in [3.8, 4) is 0 Å². The molecule has 2 aromatic rings. The lowest BCUT2D eigenvalue weighted by atomic mass is 10.2. The van der Waals surface area contributed by atoms with Crippen LogP contribution >= 0.6 is 23.2 Å². The lowest BCUT2D eigenvalue weighted by Crippen LogP contribution is -2.52. The van der Waals surface area contributed by atoms with Crippen LogP contribution in [0.2, 0.25) is 10.0 Å². The summed E-state index contributed by atoms with van der Waals surface area (Å²) in [6, 6.07) is 14.4. The van der Waals surface area contributed by atoms with Crippen molar-refractivity contribution >= 4 is 46.5 Å². The second kappa shape index (κ2) is 8.97. The Morgan fingerprint density at radius 2 is 1.70 bits per heavy atom. The van der Waals surface area contributed by atoms with E-state index in [0.717, 1.165) is 5.69 Å². The zero-order chi connectivity index (χ0) is 19.2. The van der Waals surface area contributed by atoms with E-state index in [1.54, 1.807) is 29.2 Å². The van der Waals surface area contributed by atoms with Gasteiger partial charge in [-0.05, 0) is 30.3 Å². The number of benzene rings is 2. The minimum absolute atomic E-state index is 0.113. The number of halogens is 2. The third-order valence-corrected chi connectivity index (χ3v) is 4.85. The fourth-order valence-corrected chi connectivity index (χ4v) is 3.23. The fraction of sp³-hybridized carbons (Fsp3) is 0.263. The smallest absolute Gasteiger partial charge is 0.317 e. The van der Waals surface area contributed by atoms with Gasteiger partial charge in [0.05, 0.1) is 17.3 Å². The number of amides is 3. The van der Waals surface area contributed by atoms with Gasteiger partial charge in [-0.25, -0.2) is 4.79 Å². The number of nitrogens with zero attached hydrogens (tertiary/aromatic N) is 2. The van der Waals surface area contributed by atoms with Gasteiger partial charge in [0.1, 0.15) is 0 Å². The largest absolute Gasteiger partial charge is 0.368 e. The number of piperazine rings is 1. The Morgan fingerprint density at radius 1 is 0.963 bits per heavy atom. The van der Waals surface area contributed by atoms with Crippen molar-refractivity contribution in [2.24, 2.45) is 0 Å². The number of anilines is 2. The summed E-state index contributed by atoms with van der Waals surface area (Å²) in [4.78, 5) is 28.2. The summed E-state index contributed by atoms with van der Waals surface area (Å²) in [6.07, 6.45) is 0. The summed E-state index contributed by atoms with van der Waals surface area (Å²) in [6.45, 7) is 2.45. The van der Waals surface area contributed by atoms with Crippen molar-refractivity contribution in [3.05, 3.63) is 58.6 Å². The molecule has 0 spiro atoms. The molecule has 2 aromatic carbocycles. The fourth-order valence-electron chi connectivity index (χ4n) is 2.87. The van der Waals surface area contributed by atoms with Crippen LogP contribution in [0.3, 0.4) is 0 Å². The quantitative estimate of drug-likeness (QED) is 0.816. The number of nitrogens with one attached hydrogen (secondary N) is 2. The highest BCUT2D eigenvalue weighted by molar-refractivity contribution is 6.33. The van der Waals surface area contributed by atoms with Gasteiger partial charge >= 0.3 is 6.03 Å². The standard InChI is InChI=1S/C19H20Cl2N4O2/c20-14-4-3-5-15(12-14)24-8-10-25(11-9-24)19(27)22-13-18(26)23-17-7-2-1-6-16(17)21/h1-7,12H,8-11,13H2,(H,22,27)(H,23,26). The number of para-hydroxylation sites is 1. The first-order chi connectivity index (χ1) is 13.0. The zero-order valence-corrected chi connectivity index (χ0v) is 16.1. The van der Waals surface area contributed by atoms with Crippen LogP contribution in [0, 0.1) is 0 Å². The summed E-state index contributed by atoms with van der Waals surface area (Å²) < 4.78 is 0.